The number of benzene rings is 1. The molecule has 2 nitrogen and oxygen atoms in total. The van der Waals surface area contributed by atoms with Gasteiger partial charge in [0.25, 0.3) is 0 Å². The van der Waals surface area contributed by atoms with Crippen LogP contribution in [-0.4, -0.2) is 19.7 Å². The number of rotatable bonds is 4. The summed E-state index contributed by atoms with van der Waals surface area (Å²) in [4.78, 5) is 0. The maximum absolute atomic E-state index is 6.27. The van der Waals surface area contributed by atoms with Crippen molar-refractivity contribution in [1.29, 1.82) is 0 Å². The van der Waals surface area contributed by atoms with Crippen LogP contribution < -0.4 is 0 Å². The van der Waals surface area contributed by atoms with Crippen LogP contribution in [0.5, 0.6) is 0 Å². The Kier molecular flexibility index (Phi) is 4.77. The van der Waals surface area contributed by atoms with E-state index >= 15 is 0 Å². The van der Waals surface area contributed by atoms with E-state index in [-0.39, 0.29) is 11.5 Å². The van der Waals surface area contributed by atoms with Gasteiger partial charge < -0.3 is 8.99 Å². The Morgan fingerprint density at radius 1 is 1.25 bits per heavy atom. The van der Waals surface area contributed by atoms with Crippen molar-refractivity contribution >= 4 is 35.9 Å². The van der Waals surface area contributed by atoms with Crippen molar-refractivity contribution in [2.75, 3.05) is 0 Å². The molecule has 0 bridgehead atoms. The van der Waals surface area contributed by atoms with Crippen molar-refractivity contribution in [3.63, 3.8) is 0 Å². The molecule has 1 atom stereocenters. The normalized spacial score (nSPS) is 14.2. The Morgan fingerprint density at radius 2 is 1.95 bits per heavy atom. The third-order valence-corrected chi connectivity index (χ3v) is 4.87. The van der Waals surface area contributed by atoms with Gasteiger partial charge in [0.05, 0.1) is 6.10 Å². The van der Waals surface area contributed by atoms with Gasteiger partial charge in [-0.25, -0.2) is 0 Å². The highest BCUT2D eigenvalue weighted by Crippen LogP contribution is 2.27. The van der Waals surface area contributed by atoms with E-state index in [1.165, 1.54) is 10.9 Å². The van der Waals surface area contributed by atoms with E-state index in [2.05, 4.69) is 84.8 Å². The Hall–Kier alpha value is -0.583. The van der Waals surface area contributed by atoms with Gasteiger partial charge in [-0.15, -0.1) is 0 Å². The van der Waals surface area contributed by atoms with Crippen molar-refractivity contribution in [2.24, 2.45) is 5.41 Å². The van der Waals surface area contributed by atoms with Crippen LogP contribution in [0.15, 0.2) is 34.9 Å². The van der Waals surface area contributed by atoms with Crippen LogP contribution in [0.3, 0.4) is 0 Å². The molecule has 0 saturated carbocycles. The molecule has 0 saturated heterocycles. The van der Waals surface area contributed by atoms with E-state index in [4.69, 9.17) is 4.43 Å². The summed E-state index contributed by atoms with van der Waals surface area (Å²) in [7, 11) is -1.04. The molecule has 110 valence electrons. The number of hydrogen-bond donors (Lipinski definition) is 0. The van der Waals surface area contributed by atoms with Gasteiger partial charge in [-0.3, -0.25) is 0 Å². The second-order valence-electron chi connectivity index (χ2n) is 6.71. The molecule has 1 heterocycles. The Balaban J connectivity index is 2.31. The molecule has 2 rings (SSSR count). The number of nitrogens with zero attached hydrogens (tertiary/aromatic N) is 1. The molecule has 0 N–H and O–H groups in total. The largest absolute Gasteiger partial charge is 0.415 e. The third kappa shape index (κ3) is 3.74. The minimum Gasteiger partial charge on any atom is -0.415 e. The molecule has 1 aromatic heterocycles. The quantitative estimate of drug-likeness (QED) is 0.718. The highest BCUT2D eigenvalue weighted by atomic mass is 79.9. The van der Waals surface area contributed by atoms with Crippen LogP contribution >= 0.6 is 15.9 Å². The van der Waals surface area contributed by atoms with Crippen LogP contribution in [0.2, 0.25) is 13.1 Å². The fraction of sp³-hybridized carbons (Fsp3) is 0.500. The third-order valence-electron chi connectivity index (χ3n) is 3.50. The summed E-state index contributed by atoms with van der Waals surface area (Å²) in [5.41, 5.74) is 1.42. The zero-order valence-corrected chi connectivity index (χ0v) is 15.7. The van der Waals surface area contributed by atoms with Gasteiger partial charge >= 0.3 is 0 Å². The maximum atomic E-state index is 6.27. The van der Waals surface area contributed by atoms with Crippen LogP contribution in [0.1, 0.15) is 20.8 Å². The van der Waals surface area contributed by atoms with Gasteiger partial charge in [0.15, 0.2) is 9.04 Å². The lowest BCUT2D eigenvalue weighted by atomic mass is 9.89. The minimum absolute atomic E-state index is 0.153. The first-order valence-electron chi connectivity index (χ1n) is 7.17. The smallest absolute Gasteiger partial charge is 0.171 e. The van der Waals surface area contributed by atoms with Crippen molar-refractivity contribution in [1.82, 2.24) is 4.57 Å². The molecule has 0 radical (unpaired) electrons. The monoisotopic (exact) mass is 353 g/mol. The SMILES string of the molecule is C[SiH](C)OC(Cn1ccc2ccc(Br)cc21)C(C)(C)C. The molecule has 1 unspecified atom stereocenters. The highest BCUT2D eigenvalue weighted by Gasteiger charge is 2.26. The molecular formula is C16H24BrNOSi. The number of hydrogen-bond acceptors (Lipinski definition) is 1. The molecule has 4 heteroatoms. The van der Waals surface area contributed by atoms with Crippen molar-refractivity contribution in [3.05, 3.63) is 34.9 Å². The number of aromatic nitrogens is 1. The van der Waals surface area contributed by atoms with Gasteiger partial charge in [0.1, 0.15) is 0 Å². The summed E-state index contributed by atoms with van der Waals surface area (Å²) in [6.07, 6.45) is 2.42. The summed E-state index contributed by atoms with van der Waals surface area (Å²) >= 11 is 3.56. The minimum atomic E-state index is -1.04. The topological polar surface area (TPSA) is 14.2 Å². The van der Waals surface area contributed by atoms with Crippen LogP contribution in [-0.2, 0) is 11.0 Å². The van der Waals surface area contributed by atoms with Crippen molar-refractivity contribution in [3.8, 4) is 0 Å². The van der Waals surface area contributed by atoms with Crippen LogP contribution in [0.25, 0.3) is 10.9 Å². The number of halogens is 1. The fourth-order valence-electron chi connectivity index (χ4n) is 2.34. The molecule has 0 aliphatic heterocycles. The molecule has 1 aromatic carbocycles. The zero-order chi connectivity index (χ0) is 14.9. The first-order valence-corrected chi connectivity index (χ1v) is 10.7. The first kappa shape index (κ1) is 15.8. The van der Waals surface area contributed by atoms with E-state index in [0.29, 0.717) is 0 Å². The highest BCUT2D eigenvalue weighted by molar-refractivity contribution is 9.10. The lowest BCUT2D eigenvalue weighted by molar-refractivity contribution is 0.0716. The second kappa shape index (κ2) is 6.04. The Labute approximate surface area is 132 Å². The average molecular weight is 354 g/mol. The average Bonchev–Trinajstić information content (AvgIpc) is 2.69. The molecule has 0 aliphatic carbocycles. The van der Waals surface area contributed by atoms with Gasteiger partial charge in [-0.1, -0.05) is 42.8 Å². The summed E-state index contributed by atoms with van der Waals surface area (Å²) < 4.78 is 9.71. The summed E-state index contributed by atoms with van der Waals surface area (Å²) in [5.74, 6) is 0. The predicted molar refractivity (Wildman–Crippen MR) is 92.8 cm³/mol. The van der Waals surface area contributed by atoms with E-state index in [0.717, 1.165) is 11.0 Å². The molecule has 20 heavy (non-hydrogen) atoms. The molecule has 2 aromatic rings. The van der Waals surface area contributed by atoms with Gasteiger partial charge in [0, 0.05) is 22.7 Å². The van der Waals surface area contributed by atoms with Gasteiger partial charge in [-0.05, 0) is 42.1 Å². The summed E-state index contributed by atoms with van der Waals surface area (Å²) in [6.45, 7) is 12.2. The van der Waals surface area contributed by atoms with Crippen LogP contribution in [0, 0.1) is 5.41 Å². The Morgan fingerprint density at radius 3 is 2.55 bits per heavy atom. The van der Waals surface area contributed by atoms with E-state index in [9.17, 15) is 0 Å². The van der Waals surface area contributed by atoms with Crippen molar-refractivity contribution in [2.45, 2.75) is 46.5 Å². The lowest BCUT2D eigenvalue weighted by Gasteiger charge is -2.33. The standard InChI is InChI=1S/C16H24BrNOSi/c1-16(2,3)15(19-20(4)5)11-18-9-8-12-6-7-13(17)10-14(12)18/h6-10,15,20H,11H2,1-5H3. The van der Waals surface area contributed by atoms with Crippen molar-refractivity contribution < 1.29 is 4.43 Å². The fourth-order valence-corrected chi connectivity index (χ4v) is 3.84. The number of fused-ring (bicyclic) bond motifs is 1. The summed E-state index contributed by atoms with van der Waals surface area (Å²) in [5, 5.41) is 1.28. The molecule has 0 aliphatic rings. The Bertz CT molecular complexity index is 586. The van der Waals surface area contributed by atoms with E-state index in [1.807, 2.05) is 0 Å². The predicted octanol–water partition coefficient (Wildman–Crippen LogP) is 4.82. The lowest BCUT2D eigenvalue weighted by Crippen LogP contribution is -2.36. The van der Waals surface area contributed by atoms with Gasteiger partial charge in [-0.2, -0.15) is 0 Å². The zero-order valence-electron chi connectivity index (χ0n) is 13.0. The maximum Gasteiger partial charge on any atom is 0.171 e. The van der Waals surface area contributed by atoms with Crippen LogP contribution in [0.4, 0.5) is 0 Å². The molecular weight excluding hydrogens is 330 g/mol. The molecule has 0 spiro atoms. The van der Waals surface area contributed by atoms with E-state index in [1.54, 1.807) is 0 Å². The second-order valence-corrected chi connectivity index (χ2v) is 10.00. The molecule has 0 amide bonds. The van der Waals surface area contributed by atoms with E-state index < -0.39 is 9.04 Å². The molecule has 0 fully saturated rings. The first-order chi connectivity index (χ1) is 9.27. The van der Waals surface area contributed by atoms with Gasteiger partial charge in [0.2, 0.25) is 0 Å². The summed E-state index contributed by atoms with van der Waals surface area (Å²) in [6, 6.07) is 8.60.